The highest BCUT2D eigenvalue weighted by molar-refractivity contribution is 14.1. The zero-order valence-electron chi connectivity index (χ0n) is 11.4. The number of hydrogen-bond acceptors (Lipinski definition) is 3. The monoisotopic (exact) mass is 475 g/mol. The Morgan fingerprint density at radius 1 is 1.42 bits per heavy atom. The van der Waals surface area contributed by atoms with Gasteiger partial charge in [-0.1, -0.05) is 19.3 Å². The van der Waals surface area contributed by atoms with E-state index in [0.717, 1.165) is 17.7 Å². The molecule has 1 aliphatic rings. The molecule has 5 heteroatoms. The van der Waals surface area contributed by atoms with Crippen molar-refractivity contribution >= 4 is 62.7 Å². The molecule has 19 heavy (non-hydrogen) atoms. The van der Waals surface area contributed by atoms with Gasteiger partial charge in [-0.2, -0.15) is 0 Å². The highest BCUT2D eigenvalue weighted by Crippen LogP contribution is 2.40. The summed E-state index contributed by atoms with van der Waals surface area (Å²) in [4.78, 5) is 0. The van der Waals surface area contributed by atoms with Crippen LogP contribution in [0, 0.1) is 9.49 Å². The molecule has 0 aromatic carbocycles. The molecule has 0 aliphatic heterocycles. The molecular formula is C14H23BrINS2. The summed E-state index contributed by atoms with van der Waals surface area (Å²) in [7, 11) is 2.07. The maximum atomic E-state index is 3.32. The Morgan fingerprint density at radius 2 is 2.16 bits per heavy atom. The van der Waals surface area contributed by atoms with E-state index >= 15 is 0 Å². The largest absolute Gasteiger partial charge is 0.320 e. The molecule has 1 saturated carbocycles. The molecule has 0 bridgehead atoms. The lowest BCUT2D eigenvalue weighted by atomic mass is 9.86. The fourth-order valence-electron chi connectivity index (χ4n) is 2.69. The Balaban J connectivity index is 0.00000180. The van der Waals surface area contributed by atoms with Crippen LogP contribution in [0.5, 0.6) is 0 Å². The maximum absolute atomic E-state index is 3.32. The van der Waals surface area contributed by atoms with Gasteiger partial charge in [-0.05, 0) is 67.4 Å². The number of hydrogen-bond donors (Lipinski definition) is 1. The molecule has 0 saturated heterocycles. The molecule has 1 aliphatic carbocycles. The second kappa shape index (κ2) is 10.0. The Bertz CT molecular complexity index is 353. The number of nitrogens with one attached hydrogen (secondary N) is 1. The molecule has 0 radical (unpaired) electrons. The average Bonchev–Trinajstić information content (AvgIpc) is 2.81. The van der Waals surface area contributed by atoms with Crippen LogP contribution < -0.4 is 5.32 Å². The zero-order chi connectivity index (χ0) is 12.8. The van der Waals surface area contributed by atoms with Crippen LogP contribution in [0.1, 0.15) is 38.5 Å². The smallest absolute Gasteiger partial charge is 0.0612 e. The van der Waals surface area contributed by atoms with E-state index in [0.29, 0.717) is 0 Å². The minimum Gasteiger partial charge on any atom is -0.320 e. The average molecular weight is 476 g/mol. The standard InChI is InChI=1S/C14H22INS2.BrH/c1-16-8-7-13(11-5-3-2-4-6-11)18-14-9-12(15)10-17-14;/h9-11,13,16H,2-8H2,1H3;1H. The second-order valence-electron chi connectivity index (χ2n) is 5.03. The minimum atomic E-state index is 0. The molecule has 1 aromatic heterocycles. The van der Waals surface area contributed by atoms with E-state index in [4.69, 9.17) is 0 Å². The molecule has 1 nitrogen and oxygen atoms in total. The van der Waals surface area contributed by atoms with Crippen LogP contribution in [0.4, 0.5) is 0 Å². The van der Waals surface area contributed by atoms with Crippen molar-refractivity contribution in [3.8, 4) is 0 Å². The van der Waals surface area contributed by atoms with Crippen LogP contribution in [0.15, 0.2) is 15.7 Å². The summed E-state index contributed by atoms with van der Waals surface area (Å²) < 4.78 is 2.89. The minimum absolute atomic E-state index is 0. The lowest BCUT2D eigenvalue weighted by Gasteiger charge is -2.29. The molecule has 0 amide bonds. The number of thiophene rings is 1. The number of halogens is 2. The van der Waals surface area contributed by atoms with Crippen molar-refractivity contribution < 1.29 is 0 Å². The first-order valence-corrected chi connectivity index (χ1v) is 9.68. The molecule has 2 rings (SSSR count). The van der Waals surface area contributed by atoms with E-state index in [9.17, 15) is 0 Å². The van der Waals surface area contributed by atoms with Gasteiger partial charge in [0.2, 0.25) is 0 Å². The summed E-state index contributed by atoms with van der Waals surface area (Å²) >= 11 is 6.46. The molecule has 1 N–H and O–H groups in total. The van der Waals surface area contributed by atoms with Crippen LogP contribution in [-0.2, 0) is 0 Å². The molecule has 1 unspecified atom stereocenters. The van der Waals surface area contributed by atoms with Crippen molar-refractivity contribution in [3.63, 3.8) is 0 Å². The Labute approximate surface area is 149 Å². The lowest BCUT2D eigenvalue weighted by molar-refractivity contribution is 0.340. The van der Waals surface area contributed by atoms with E-state index in [-0.39, 0.29) is 17.0 Å². The zero-order valence-corrected chi connectivity index (χ0v) is 16.9. The topological polar surface area (TPSA) is 12.0 Å². The van der Waals surface area contributed by atoms with Gasteiger partial charge in [0.05, 0.1) is 4.21 Å². The first-order valence-electron chi connectivity index (χ1n) is 6.85. The van der Waals surface area contributed by atoms with Crippen LogP contribution in [-0.4, -0.2) is 18.8 Å². The fraction of sp³-hybridized carbons (Fsp3) is 0.714. The normalized spacial score (nSPS) is 18.0. The first kappa shape index (κ1) is 18.3. The summed E-state index contributed by atoms with van der Waals surface area (Å²) in [6.07, 6.45) is 8.55. The van der Waals surface area contributed by atoms with Crippen molar-refractivity contribution in [3.05, 3.63) is 15.0 Å². The highest BCUT2D eigenvalue weighted by Gasteiger charge is 2.24. The highest BCUT2D eigenvalue weighted by atomic mass is 127. The van der Waals surface area contributed by atoms with Gasteiger partial charge in [-0.15, -0.1) is 40.1 Å². The van der Waals surface area contributed by atoms with Crippen LogP contribution in [0.3, 0.4) is 0 Å². The van der Waals surface area contributed by atoms with E-state index < -0.39 is 0 Å². The Hall–Kier alpha value is 1.22. The van der Waals surface area contributed by atoms with Gasteiger partial charge < -0.3 is 5.32 Å². The van der Waals surface area contributed by atoms with E-state index in [1.807, 2.05) is 11.3 Å². The summed E-state index contributed by atoms with van der Waals surface area (Å²) in [5.74, 6) is 0.942. The van der Waals surface area contributed by atoms with Gasteiger partial charge in [0.1, 0.15) is 0 Å². The van der Waals surface area contributed by atoms with E-state index in [1.54, 1.807) is 0 Å². The van der Waals surface area contributed by atoms with Crippen LogP contribution in [0.2, 0.25) is 0 Å². The predicted molar refractivity (Wildman–Crippen MR) is 102 cm³/mol. The Morgan fingerprint density at radius 3 is 2.74 bits per heavy atom. The van der Waals surface area contributed by atoms with Crippen molar-refractivity contribution in [1.82, 2.24) is 5.32 Å². The maximum Gasteiger partial charge on any atom is 0.0612 e. The second-order valence-corrected chi connectivity index (χ2v) is 8.73. The van der Waals surface area contributed by atoms with Crippen molar-refractivity contribution in [1.29, 1.82) is 0 Å². The number of thioether (sulfide) groups is 1. The van der Waals surface area contributed by atoms with E-state index in [2.05, 4.69) is 58.2 Å². The van der Waals surface area contributed by atoms with Gasteiger partial charge in [0.15, 0.2) is 0 Å². The SMILES string of the molecule is Br.CNCCC(Sc1cc(I)cs1)C1CCCCC1. The summed E-state index contributed by atoms with van der Waals surface area (Å²) in [5.41, 5.74) is 0. The third-order valence-corrected chi connectivity index (χ3v) is 7.28. The van der Waals surface area contributed by atoms with Crippen LogP contribution >= 0.6 is 62.7 Å². The summed E-state index contributed by atoms with van der Waals surface area (Å²) in [6.45, 7) is 1.15. The number of rotatable bonds is 6. The van der Waals surface area contributed by atoms with Gasteiger partial charge in [-0.25, -0.2) is 0 Å². The van der Waals surface area contributed by atoms with Gasteiger partial charge >= 0.3 is 0 Å². The third kappa shape index (κ3) is 6.24. The molecule has 1 fully saturated rings. The molecule has 1 aromatic rings. The molecule has 1 heterocycles. The van der Waals surface area contributed by atoms with Crippen LogP contribution in [0.25, 0.3) is 0 Å². The molecule has 1 atom stereocenters. The first-order chi connectivity index (χ1) is 8.79. The van der Waals surface area contributed by atoms with Gasteiger partial charge in [0, 0.05) is 14.2 Å². The van der Waals surface area contributed by atoms with Crippen molar-refractivity contribution in [2.24, 2.45) is 5.92 Å². The van der Waals surface area contributed by atoms with Crippen molar-refractivity contribution in [2.45, 2.75) is 48.0 Å². The quantitative estimate of drug-likeness (QED) is 0.425. The van der Waals surface area contributed by atoms with Gasteiger partial charge in [0.25, 0.3) is 0 Å². The molecule has 0 spiro atoms. The molecular weight excluding hydrogens is 453 g/mol. The predicted octanol–water partition coefficient (Wildman–Crippen LogP) is 5.58. The summed E-state index contributed by atoms with van der Waals surface area (Å²) in [6, 6.07) is 2.34. The van der Waals surface area contributed by atoms with Gasteiger partial charge in [-0.3, -0.25) is 0 Å². The fourth-order valence-corrected chi connectivity index (χ4v) is 6.23. The third-order valence-electron chi connectivity index (χ3n) is 3.67. The Kier molecular flexibility index (Phi) is 9.65. The molecule has 110 valence electrons. The summed E-state index contributed by atoms with van der Waals surface area (Å²) in [5, 5.41) is 6.39. The van der Waals surface area contributed by atoms with Crippen molar-refractivity contribution in [2.75, 3.05) is 13.6 Å². The lowest BCUT2D eigenvalue weighted by Crippen LogP contribution is -2.24. The van der Waals surface area contributed by atoms with E-state index in [1.165, 1.54) is 46.3 Å².